The third-order valence-electron chi connectivity index (χ3n) is 3.66. The van der Waals surface area contributed by atoms with Gasteiger partial charge in [-0.05, 0) is 38.3 Å². The summed E-state index contributed by atoms with van der Waals surface area (Å²) < 4.78 is 19.4. The minimum Gasteiger partial charge on any atom is -0.382 e. The van der Waals surface area contributed by atoms with Gasteiger partial charge in [-0.15, -0.1) is 0 Å². The molecule has 1 aromatic rings. The van der Waals surface area contributed by atoms with Crippen LogP contribution in [-0.4, -0.2) is 31.2 Å². The maximum absolute atomic E-state index is 13.9. The Labute approximate surface area is 125 Å². The molecule has 1 unspecified atom stereocenters. The Morgan fingerprint density at radius 1 is 1.48 bits per heavy atom. The van der Waals surface area contributed by atoms with E-state index < -0.39 is 5.82 Å². The molecular formula is C16H23FN2O2. The molecule has 1 fully saturated rings. The zero-order chi connectivity index (χ0) is 15.3. The zero-order valence-corrected chi connectivity index (χ0v) is 12.7. The van der Waals surface area contributed by atoms with Crippen molar-refractivity contribution in [3.63, 3.8) is 0 Å². The van der Waals surface area contributed by atoms with E-state index in [1.165, 1.54) is 6.07 Å². The van der Waals surface area contributed by atoms with Gasteiger partial charge < -0.3 is 15.4 Å². The minimum atomic E-state index is -0.402. The molecule has 0 saturated carbocycles. The summed E-state index contributed by atoms with van der Waals surface area (Å²) in [5, 5.41) is 5.98. The lowest BCUT2D eigenvalue weighted by Crippen LogP contribution is -2.51. The van der Waals surface area contributed by atoms with Crippen LogP contribution in [0.25, 0.3) is 0 Å². The summed E-state index contributed by atoms with van der Waals surface area (Å²) >= 11 is 0. The van der Waals surface area contributed by atoms with Crippen LogP contribution >= 0.6 is 0 Å². The Morgan fingerprint density at radius 2 is 2.29 bits per heavy atom. The van der Waals surface area contributed by atoms with E-state index in [1.54, 1.807) is 12.1 Å². The van der Waals surface area contributed by atoms with Gasteiger partial charge in [-0.1, -0.05) is 13.0 Å². The minimum absolute atomic E-state index is 0.263. The highest BCUT2D eigenvalue weighted by atomic mass is 19.1. The Kier molecular flexibility index (Phi) is 5.17. The predicted molar refractivity (Wildman–Crippen MR) is 81.1 cm³/mol. The van der Waals surface area contributed by atoms with Crippen molar-refractivity contribution in [3.8, 4) is 0 Å². The summed E-state index contributed by atoms with van der Waals surface area (Å²) in [6.45, 7) is 5.80. The highest BCUT2D eigenvalue weighted by Crippen LogP contribution is 2.23. The molecule has 2 N–H and O–H groups in total. The standard InChI is InChI=1S/C16H23FN2O2/c1-3-9-18-14-12(6-4-7-13(14)17)15(20)19-16(2)8-5-10-21-11-16/h4,6-7,18H,3,5,8-11H2,1-2H3,(H,19,20). The van der Waals surface area contributed by atoms with Gasteiger partial charge in [0, 0.05) is 13.2 Å². The molecule has 116 valence electrons. The maximum atomic E-state index is 13.9. The second-order valence-electron chi connectivity index (χ2n) is 5.76. The monoisotopic (exact) mass is 294 g/mol. The summed E-state index contributed by atoms with van der Waals surface area (Å²) in [6, 6.07) is 4.56. The predicted octanol–water partition coefficient (Wildman–Crippen LogP) is 2.95. The lowest BCUT2D eigenvalue weighted by Gasteiger charge is -2.34. The fraction of sp³-hybridized carbons (Fsp3) is 0.562. The van der Waals surface area contributed by atoms with Gasteiger partial charge in [0.1, 0.15) is 5.82 Å². The van der Waals surface area contributed by atoms with E-state index >= 15 is 0 Å². The van der Waals surface area contributed by atoms with E-state index in [2.05, 4.69) is 10.6 Å². The molecule has 1 aliphatic heterocycles. The lowest BCUT2D eigenvalue weighted by molar-refractivity contribution is 0.0273. The van der Waals surface area contributed by atoms with Crippen LogP contribution in [0.5, 0.6) is 0 Å². The van der Waals surface area contributed by atoms with Crippen LogP contribution in [0.15, 0.2) is 18.2 Å². The Balaban J connectivity index is 2.16. The number of benzene rings is 1. The average Bonchev–Trinajstić information content (AvgIpc) is 2.46. The van der Waals surface area contributed by atoms with E-state index in [1.807, 2.05) is 13.8 Å². The summed E-state index contributed by atoms with van der Waals surface area (Å²) in [7, 11) is 0. The van der Waals surface area contributed by atoms with Crippen molar-refractivity contribution in [2.24, 2.45) is 0 Å². The molecule has 1 atom stereocenters. The van der Waals surface area contributed by atoms with E-state index in [0.717, 1.165) is 25.9 Å². The van der Waals surface area contributed by atoms with Crippen LogP contribution in [0.1, 0.15) is 43.5 Å². The molecule has 0 spiro atoms. The van der Waals surface area contributed by atoms with Gasteiger partial charge in [0.05, 0.1) is 23.4 Å². The first-order chi connectivity index (χ1) is 10.1. The number of hydrogen-bond acceptors (Lipinski definition) is 3. The SMILES string of the molecule is CCCNc1c(F)cccc1C(=O)NC1(C)CCCOC1. The Hall–Kier alpha value is -1.62. The smallest absolute Gasteiger partial charge is 0.253 e. The molecule has 21 heavy (non-hydrogen) atoms. The molecule has 4 nitrogen and oxygen atoms in total. The van der Waals surface area contributed by atoms with Crippen molar-refractivity contribution < 1.29 is 13.9 Å². The number of anilines is 1. The number of carbonyl (C=O) groups is 1. The highest BCUT2D eigenvalue weighted by Gasteiger charge is 2.30. The van der Waals surface area contributed by atoms with Gasteiger partial charge in [-0.2, -0.15) is 0 Å². The Bertz CT molecular complexity index is 499. The summed E-state index contributed by atoms with van der Waals surface area (Å²) in [6.07, 6.45) is 2.65. The van der Waals surface area contributed by atoms with E-state index in [-0.39, 0.29) is 17.1 Å². The number of halogens is 1. The molecule has 0 aromatic heterocycles. The second kappa shape index (κ2) is 6.89. The van der Waals surface area contributed by atoms with Gasteiger partial charge in [-0.3, -0.25) is 4.79 Å². The van der Waals surface area contributed by atoms with Crippen LogP contribution in [0, 0.1) is 5.82 Å². The topological polar surface area (TPSA) is 50.4 Å². The van der Waals surface area contributed by atoms with Crippen LogP contribution < -0.4 is 10.6 Å². The molecule has 1 saturated heterocycles. The van der Waals surface area contributed by atoms with Crippen molar-refractivity contribution >= 4 is 11.6 Å². The number of ether oxygens (including phenoxy) is 1. The van der Waals surface area contributed by atoms with Gasteiger partial charge in [-0.25, -0.2) is 4.39 Å². The largest absolute Gasteiger partial charge is 0.382 e. The van der Waals surface area contributed by atoms with Crippen LogP contribution in [-0.2, 0) is 4.74 Å². The molecule has 0 bridgehead atoms. The van der Waals surface area contributed by atoms with Crippen LogP contribution in [0.4, 0.5) is 10.1 Å². The average molecular weight is 294 g/mol. The molecule has 1 aromatic carbocycles. The lowest BCUT2D eigenvalue weighted by atomic mass is 9.94. The van der Waals surface area contributed by atoms with E-state index in [4.69, 9.17) is 4.74 Å². The number of amides is 1. The first kappa shape index (κ1) is 15.8. The summed E-state index contributed by atoms with van der Waals surface area (Å²) in [5.74, 6) is -0.665. The molecule has 1 heterocycles. The fourth-order valence-electron chi connectivity index (χ4n) is 2.52. The van der Waals surface area contributed by atoms with Crippen LogP contribution in [0.2, 0.25) is 0 Å². The third-order valence-corrected chi connectivity index (χ3v) is 3.66. The number of nitrogens with one attached hydrogen (secondary N) is 2. The molecule has 0 aliphatic carbocycles. The van der Waals surface area contributed by atoms with Crippen molar-refractivity contribution in [2.75, 3.05) is 25.1 Å². The Morgan fingerprint density at radius 3 is 2.95 bits per heavy atom. The van der Waals surface area contributed by atoms with Crippen molar-refractivity contribution in [2.45, 2.75) is 38.6 Å². The first-order valence-electron chi connectivity index (χ1n) is 7.48. The first-order valence-corrected chi connectivity index (χ1v) is 7.48. The normalized spacial score (nSPS) is 21.9. The van der Waals surface area contributed by atoms with Crippen LogP contribution in [0.3, 0.4) is 0 Å². The number of rotatable bonds is 5. The molecule has 2 rings (SSSR count). The number of carbonyl (C=O) groups excluding carboxylic acids is 1. The third kappa shape index (κ3) is 3.94. The number of para-hydroxylation sites is 1. The zero-order valence-electron chi connectivity index (χ0n) is 12.7. The molecule has 1 amide bonds. The molecular weight excluding hydrogens is 271 g/mol. The van der Waals surface area contributed by atoms with Crippen molar-refractivity contribution in [3.05, 3.63) is 29.6 Å². The van der Waals surface area contributed by atoms with Gasteiger partial charge >= 0.3 is 0 Å². The van der Waals surface area contributed by atoms with Gasteiger partial charge in [0.15, 0.2) is 0 Å². The van der Waals surface area contributed by atoms with Crippen molar-refractivity contribution in [1.29, 1.82) is 0 Å². The van der Waals surface area contributed by atoms with Crippen molar-refractivity contribution in [1.82, 2.24) is 5.32 Å². The quantitative estimate of drug-likeness (QED) is 0.878. The fourth-order valence-corrected chi connectivity index (χ4v) is 2.52. The maximum Gasteiger partial charge on any atom is 0.253 e. The summed E-state index contributed by atoms with van der Waals surface area (Å²) in [5.41, 5.74) is 0.233. The van der Waals surface area contributed by atoms with Gasteiger partial charge in [0.2, 0.25) is 0 Å². The number of hydrogen-bond donors (Lipinski definition) is 2. The highest BCUT2D eigenvalue weighted by molar-refractivity contribution is 6.00. The second-order valence-corrected chi connectivity index (χ2v) is 5.76. The molecule has 0 radical (unpaired) electrons. The van der Waals surface area contributed by atoms with E-state index in [9.17, 15) is 9.18 Å². The molecule has 1 aliphatic rings. The van der Waals surface area contributed by atoms with Gasteiger partial charge in [0.25, 0.3) is 5.91 Å². The summed E-state index contributed by atoms with van der Waals surface area (Å²) in [4.78, 5) is 12.5. The van der Waals surface area contributed by atoms with E-state index in [0.29, 0.717) is 18.7 Å². The molecule has 5 heteroatoms.